The van der Waals surface area contributed by atoms with Crippen LogP contribution in [0.15, 0.2) is 0 Å². The highest BCUT2D eigenvalue weighted by Crippen LogP contribution is 2.11. The summed E-state index contributed by atoms with van der Waals surface area (Å²) < 4.78 is 5.10. The Bertz CT molecular complexity index is 248. The Balaban J connectivity index is 2.41. The van der Waals surface area contributed by atoms with Crippen LogP contribution in [0.25, 0.3) is 0 Å². The first kappa shape index (κ1) is 12.0. The molecule has 1 saturated heterocycles. The molecule has 0 bridgehead atoms. The van der Waals surface area contributed by atoms with E-state index in [-0.39, 0.29) is 5.91 Å². The minimum absolute atomic E-state index is 0.111. The van der Waals surface area contributed by atoms with E-state index in [0.717, 1.165) is 25.9 Å². The summed E-state index contributed by atoms with van der Waals surface area (Å²) in [4.78, 5) is 24.0. The summed E-state index contributed by atoms with van der Waals surface area (Å²) >= 11 is 0. The van der Waals surface area contributed by atoms with E-state index in [1.807, 2.05) is 0 Å². The Morgan fingerprint density at radius 1 is 1.20 bits per heavy atom. The van der Waals surface area contributed by atoms with Gasteiger partial charge in [0, 0.05) is 13.1 Å². The van der Waals surface area contributed by atoms with Gasteiger partial charge in [-0.2, -0.15) is 0 Å². The molecule has 1 amide bonds. The number of rotatable bonds is 4. The van der Waals surface area contributed by atoms with Gasteiger partial charge in [-0.25, -0.2) is 4.79 Å². The Morgan fingerprint density at radius 3 is 2.20 bits per heavy atom. The zero-order valence-electron chi connectivity index (χ0n) is 9.10. The van der Waals surface area contributed by atoms with Gasteiger partial charge in [0.15, 0.2) is 6.10 Å². The Kier molecular flexibility index (Phi) is 4.08. The smallest absolute Gasteiger partial charge is 0.332 e. The van der Waals surface area contributed by atoms with Gasteiger partial charge in [-0.3, -0.25) is 4.79 Å². The molecule has 1 N–H and O–H groups in total. The largest absolute Gasteiger partial charge is 0.479 e. The SMILES string of the molecule is CC(O[C@H](C)C(=O)O)C(=O)N1CCCC1. The molecular weight excluding hydrogens is 198 g/mol. The van der Waals surface area contributed by atoms with Crippen molar-refractivity contribution in [2.75, 3.05) is 13.1 Å². The van der Waals surface area contributed by atoms with E-state index < -0.39 is 18.2 Å². The molecular formula is C10H17NO4. The van der Waals surface area contributed by atoms with Gasteiger partial charge in [-0.05, 0) is 26.7 Å². The van der Waals surface area contributed by atoms with Crippen LogP contribution < -0.4 is 0 Å². The molecule has 1 heterocycles. The van der Waals surface area contributed by atoms with Crippen LogP contribution in [0.3, 0.4) is 0 Å². The molecule has 0 saturated carbocycles. The fourth-order valence-corrected chi connectivity index (χ4v) is 1.62. The predicted octanol–water partition coefficient (Wildman–Crippen LogP) is 0.487. The number of likely N-dealkylation sites (tertiary alicyclic amines) is 1. The summed E-state index contributed by atoms with van der Waals surface area (Å²) in [7, 11) is 0. The van der Waals surface area contributed by atoms with Crippen molar-refractivity contribution in [3.05, 3.63) is 0 Å². The molecule has 5 nitrogen and oxygen atoms in total. The quantitative estimate of drug-likeness (QED) is 0.741. The zero-order valence-corrected chi connectivity index (χ0v) is 9.10. The van der Waals surface area contributed by atoms with Crippen molar-refractivity contribution in [1.29, 1.82) is 0 Å². The van der Waals surface area contributed by atoms with E-state index in [4.69, 9.17) is 9.84 Å². The molecule has 1 aliphatic rings. The number of carbonyl (C=O) groups is 2. The molecule has 0 aromatic carbocycles. The minimum atomic E-state index is -1.05. The lowest BCUT2D eigenvalue weighted by Crippen LogP contribution is -2.39. The molecule has 0 radical (unpaired) electrons. The van der Waals surface area contributed by atoms with Crippen molar-refractivity contribution in [3.8, 4) is 0 Å². The Hall–Kier alpha value is -1.10. The number of carboxylic acid groups (broad SMARTS) is 1. The molecule has 5 heteroatoms. The number of ether oxygens (including phenoxy) is 1. The first-order valence-corrected chi connectivity index (χ1v) is 5.19. The molecule has 2 atom stereocenters. The number of carbonyl (C=O) groups excluding carboxylic acids is 1. The van der Waals surface area contributed by atoms with Gasteiger partial charge in [0.25, 0.3) is 5.91 Å². The van der Waals surface area contributed by atoms with Crippen LogP contribution in [0.2, 0.25) is 0 Å². The van der Waals surface area contributed by atoms with Crippen LogP contribution >= 0.6 is 0 Å². The van der Waals surface area contributed by atoms with Crippen molar-refractivity contribution in [1.82, 2.24) is 4.90 Å². The average molecular weight is 215 g/mol. The maximum Gasteiger partial charge on any atom is 0.332 e. The molecule has 0 spiro atoms. The van der Waals surface area contributed by atoms with Crippen LogP contribution in [-0.4, -0.2) is 47.2 Å². The molecule has 15 heavy (non-hydrogen) atoms. The Morgan fingerprint density at radius 2 is 1.73 bits per heavy atom. The van der Waals surface area contributed by atoms with E-state index in [1.54, 1.807) is 11.8 Å². The zero-order chi connectivity index (χ0) is 11.4. The van der Waals surface area contributed by atoms with Gasteiger partial charge < -0.3 is 14.7 Å². The standard InChI is InChI=1S/C10H17NO4/c1-7(15-8(2)10(13)14)9(12)11-5-3-4-6-11/h7-8H,3-6H2,1-2H3,(H,13,14)/t7?,8-/m1/s1. The summed E-state index contributed by atoms with van der Waals surface area (Å²) in [5.74, 6) is -1.16. The fraction of sp³-hybridized carbons (Fsp3) is 0.800. The van der Waals surface area contributed by atoms with Crippen LogP contribution in [0.4, 0.5) is 0 Å². The van der Waals surface area contributed by atoms with Gasteiger partial charge in [0.05, 0.1) is 0 Å². The van der Waals surface area contributed by atoms with Crippen molar-refractivity contribution in [2.24, 2.45) is 0 Å². The van der Waals surface area contributed by atoms with E-state index >= 15 is 0 Å². The van der Waals surface area contributed by atoms with Crippen molar-refractivity contribution in [2.45, 2.75) is 38.9 Å². The van der Waals surface area contributed by atoms with Gasteiger partial charge in [-0.1, -0.05) is 0 Å². The number of aliphatic carboxylic acids is 1. The van der Waals surface area contributed by atoms with Crippen LogP contribution in [-0.2, 0) is 14.3 Å². The average Bonchev–Trinajstić information content (AvgIpc) is 2.68. The monoisotopic (exact) mass is 215 g/mol. The molecule has 1 fully saturated rings. The van der Waals surface area contributed by atoms with E-state index in [9.17, 15) is 9.59 Å². The van der Waals surface area contributed by atoms with Crippen molar-refractivity contribution in [3.63, 3.8) is 0 Å². The Labute approximate surface area is 89.0 Å². The second-order valence-electron chi connectivity index (χ2n) is 3.79. The summed E-state index contributed by atoms with van der Waals surface area (Å²) in [6.45, 7) is 4.54. The number of amides is 1. The molecule has 0 aromatic heterocycles. The van der Waals surface area contributed by atoms with Crippen LogP contribution in [0.5, 0.6) is 0 Å². The van der Waals surface area contributed by atoms with Crippen molar-refractivity contribution < 1.29 is 19.4 Å². The first-order valence-electron chi connectivity index (χ1n) is 5.19. The van der Waals surface area contributed by atoms with Gasteiger partial charge in [0.2, 0.25) is 0 Å². The second kappa shape index (κ2) is 5.11. The van der Waals surface area contributed by atoms with E-state index in [0.29, 0.717) is 0 Å². The van der Waals surface area contributed by atoms with E-state index in [2.05, 4.69) is 0 Å². The molecule has 0 aliphatic carbocycles. The maximum atomic E-state index is 11.7. The summed E-state index contributed by atoms with van der Waals surface area (Å²) in [5.41, 5.74) is 0. The first-order chi connectivity index (χ1) is 7.02. The molecule has 0 aromatic rings. The molecule has 1 rings (SSSR count). The lowest BCUT2D eigenvalue weighted by molar-refractivity contribution is -0.158. The van der Waals surface area contributed by atoms with Gasteiger partial charge in [0.1, 0.15) is 6.10 Å². The molecule has 86 valence electrons. The number of hydrogen-bond acceptors (Lipinski definition) is 3. The van der Waals surface area contributed by atoms with Crippen LogP contribution in [0, 0.1) is 0 Å². The topological polar surface area (TPSA) is 66.8 Å². The summed E-state index contributed by atoms with van der Waals surface area (Å²) in [6.07, 6.45) is 0.431. The molecule has 1 aliphatic heterocycles. The van der Waals surface area contributed by atoms with Gasteiger partial charge >= 0.3 is 5.97 Å². The lowest BCUT2D eigenvalue weighted by Gasteiger charge is -2.21. The fourth-order valence-electron chi connectivity index (χ4n) is 1.62. The molecule has 1 unspecified atom stereocenters. The lowest BCUT2D eigenvalue weighted by atomic mass is 10.3. The van der Waals surface area contributed by atoms with Crippen molar-refractivity contribution >= 4 is 11.9 Å². The van der Waals surface area contributed by atoms with Crippen LogP contribution in [0.1, 0.15) is 26.7 Å². The predicted molar refractivity (Wildman–Crippen MR) is 53.5 cm³/mol. The number of nitrogens with zero attached hydrogens (tertiary/aromatic N) is 1. The highest BCUT2D eigenvalue weighted by Gasteiger charge is 2.26. The minimum Gasteiger partial charge on any atom is -0.479 e. The third-order valence-corrected chi connectivity index (χ3v) is 2.52. The van der Waals surface area contributed by atoms with Gasteiger partial charge in [-0.15, -0.1) is 0 Å². The third kappa shape index (κ3) is 3.20. The highest BCUT2D eigenvalue weighted by molar-refractivity contribution is 5.81. The van der Waals surface area contributed by atoms with E-state index in [1.165, 1.54) is 6.92 Å². The number of hydrogen-bond donors (Lipinski definition) is 1. The highest BCUT2D eigenvalue weighted by atomic mass is 16.5. The second-order valence-corrected chi connectivity index (χ2v) is 3.79. The summed E-state index contributed by atoms with van der Waals surface area (Å²) in [5, 5.41) is 8.63. The third-order valence-electron chi connectivity index (χ3n) is 2.52. The maximum absolute atomic E-state index is 11.7. The summed E-state index contributed by atoms with van der Waals surface area (Å²) in [6, 6.07) is 0. The number of carboxylic acids is 1. The normalized spacial score (nSPS) is 20.0.